The normalized spacial score (nSPS) is 11.1. The Bertz CT molecular complexity index is 868. The molecule has 0 fully saturated rings. The van der Waals surface area contributed by atoms with Crippen LogP contribution < -0.4 is 5.32 Å². The van der Waals surface area contributed by atoms with Crippen molar-refractivity contribution in [3.63, 3.8) is 0 Å². The van der Waals surface area contributed by atoms with E-state index in [4.69, 9.17) is 4.52 Å². The third-order valence-electron chi connectivity index (χ3n) is 3.90. The van der Waals surface area contributed by atoms with Gasteiger partial charge in [-0.15, -0.1) is 0 Å². The fourth-order valence-corrected chi connectivity index (χ4v) is 3.39. The van der Waals surface area contributed by atoms with Crippen molar-refractivity contribution in [3.8, 4) is 5.69 Å². The predicted octanol–water partition coefficient (Wildman–Crippen LogP) is 4.41. The van der Waals surface area contributed by atoms with Crippen molar-refractivity contribution in [3.05, 3.63) is 54.0 Å². The molecule has 0 unspecified atom stereocenters. The highest BCUT2D eigenvalue weighted by Crippen LogP contribution is 2.23. The lowest BCUT2D eigenvalue weighted by atomic mass is 10.0. The monoisotopic (exact) mass is 370 g/mol. The van der Waals surface area contributed by atoms with Crippen molar-refractivity contribution in [2.45, 2.75) is 38.3 Å². The number of anilines is 1. The quantitative estimate of drug-likeness (QED) is 0.624. The Morgan fingerprint density at radius 1 is 1.31 bits per heavy atom. The van der Waals surface area contributed by atoms with Crippen molar-refractivity contribution < 1.29 is 9.32 Å². The van der Waals surface area contributed by atoms with Crippen LogP contribution in [0.15, 0.2) is 52.4 Å². The number of amides is 1. The second-order valence-corrected chi connectivity index (χ2v) is 7.36. The fraction of sp³-hybridized carbons (Fsp3) is 0.316. The molecule has 1 amide bonds. The number of nitrogens with zero attached hydrogens (tertiary/aromatic N) is 3. The van der Waals surface area contributed by atoms with E-state index >= 15 is 0 Å². The molecule has 26 heavy (non-hydrogen) atoms. The van der Waals surface area contributed by atoms with E-state index in [9.17, 15) is 4.79 Å². The Hall–Kier alpha value is -2.54. The van der Waals surface area contributed by atoms with E-state index in [0.717, 1.165) is 10.8 Å². The molecule has 3 aromatic rings. The molecule has 1 aromatic carbocycles. The van der Waals surface area contributed by atoms with Crippen molar-refractivity contribution in [1.29, 1.82) is 0 Å². The van der Waals surface area contributed by atoms with E-state index in [-0.39, 0.29) is 5.91 Å². The molecule has 0 radical (unpaired) electrons. The Morgan fingerprint density at radius 3 is 2.73 bits per heavy atom. The SMILES string of the molecule is Cc1cc(NC(=O)CCSc2nccn2-c2ccc(C(C)C)cc2)no1. The average Bonchev–Trinajstić information content (AvgIpc) is 3.24. The summed E-state index contributed by atoms with van der Waals surface area (Å²) in [5.41, 5.74) is 2.37. The number of hydrogen-bond acceptors (Lipinski definition) is 5. The zero-order valence-electron chi connectivity index (χ0n) is 15.1. The number of imidazole rings is 1. The molecule has 0 aliphatic carbocycles. The summed E-state index contributed by atoms with van der Waals surface area (Å²) in [4.78, 5) is 16.4. The first kappa shape index (κ1) is 18.3. The summed E-state index contributed by atoms with van der Waals surface area (Å²) in [6, 6.07) is 10.2. The molecule has 3 rings (SSSR count). The highest BCUT2D eigenvalue weighted by Gasteiger charge is 2.10. The van der Waals surface area contributed by atoms with Gasteiger partial charge >= 0.3 is 0 Å². The van der Waals surface area contributed by atoms with Gasteiger partial charge in [0, 0.05) is 36.3 Å². The summed E-state index contributed by atoms with van der Waals surface area (Å²) in [7, 11) is 0. The molecule has 0 atom stereocenters. The fourth-order valence-electron chi connectivity index (χ4n) is 2.48. The Balaban J connectivity index is 1.56. The van der Waals surface area contributed by atoms with Crippen LogP contribution in [0.3, 0.4) is 0 Å². The zero-order chi connectivity index (χ0) is 18.5. The number of carbonyl (C=O) groups is 1. The molecular formula is C19H22N4O2S. The molecule has 2 heterocycles. The summed E-state index contributed by atoms with van der Waals surface area (Å²) in [5.74, 6) is 2.16. The summed E-state index contributed by atoms with van der Waals surface area (Å²) in [6.07, 6.45) is 4.08. The maximum absolute atomic E-state index is 12.0. The number of carbonyl (C=O) groups excluding carboxylic acids is 1. The first-order chi connectivity index (χ1) is 12.5. The minimum atomic E-state index is -0.0924. The molecule has 136 valence electrons. The summed E-state index contributed by atoms with van der Waals surface area (Å²) >= 11 is 1.55. The van der Waals surface area contributed by atoms with E-state index in [2.05, 4.69) is 53.6 Å². The maximum atomic E-state index is 12.0. The third kappa shape index (κ3) is 4.54. The molecular weight excluding hydrogens is 348 g/mol. The van der Waals surface area contributed by atoms with Crippen molar-refractivity contribution in [2.75, 3.05) is 11.1 Å². The van der Waals surface area contributed by atoms with Gasteiger partial charge in [-0.25, -0.2) is 4.98 Å². The molecule has 6 nitrogen and oxygen atoms in total. The van der Waals surface area contributed by atoms with Crippen LogP contribution in [0, 0.1) is 6.92 Å². The molecule has 1 N–H and O–H groups in total. The molecule has 0 aliphatic rings. The van der Waals surface area contributed by atoms with Gasteiger partial charge in [-0.2, -0.15) is 0 Å². The lowest BCUT2D eigenvalue weighted by molar-refractivity contribution is -0.115. The van der Waals surface area contributed by atoms with Crippen LogP contribution >= 0.6 is 11.8 Å². The number of hydrogen-bond donors (Lipinski definition) is 1. The van der Waals surface area contributed by atoms with Crippen molar-refractivity contribution in [2.24, 2.45) is 0 Å². The topological polar surface area (TPSA) is 73.0 Å². The van der Waals surface area contributed by atoms with E-state index in [1.54, 1.807) is 30.9 Å². The number of rotatable bonds is 7. The Kier molecular flexibility index (Phi) is 5.78. The summed E-state index contributed by atoms with van der Waals surface area (Å²) < 4.78 is 6.97. The number of aromatic nitrogens is 3. The van der Waals surface area contributed by atoms with E-state index in [0.29, 0.717) is 29.7 Å². The average molecular weight is 370 g/mol. The largest absolute Gasteiger partial charge is 0.360 e. The second kappa shape index (κ2) is 8.23. The number of nitrogens with one attached hydrogen (secondary N) is 1. The van der Waals surface area contributed by atoms with E-state index < -0.39 is 0 Å². The lowest BCUT2D eigenvalue weighted by Gasteiger charge is -2.10. The van der Waals surface area contributed by atoms with E-state index in [1.165, 1.54) is 5.56 Å². The van der Waals surface area contributed by atoms with Gasteiger partial charge in [0.15, 0.2) is 11.0 Å². The van der Waals surface area contributed by atoms with Gasteiger partial charge in [-0.3, -0.25) is 9.36 Å². The lowest BCUT2D eigenvalue weighted by Crippen LogP contribution is -2.12. The van der Waals surface area contributed by atoms with Gasteiger partial charge in [0.2, 0.25) is 5.91 Å². The van der Waals surface area contributed by atoms with Crippen LogP contribution in [0.5, 0.6) is 0 Å². The smallest absolute Gasteiger partial charge is 0.226 e. The van der Waals surface area contributed by atoms with Gasteiger partial charge < -0.3 is 9.84 Å². The molecule has 0 saturated carbocycles. The molecule has 0 saturated heterocycles. The molecule has 0 aliphatic heterocycles. The van der Waals surface area contributed by atoms with Crippen LogP contribution in [0.1, 0.15) is 37.5 Å². The van der Waals surface area contributed by atoms with Crippen molar-refractivity contribution >= 4 is 23.5 Å². The van der Waals surface area contributed by atoms with Gasteiger partial charge in [0.05, 0.1) is 0 Å². The standard InChI is InChI=1S/C19H22N4O2S/c1-13(2)15-4-6-16(7-5-15)23-10-9-20-19(23)26-11-8-18(24)21-17-12-14(3)25-22-17/h4-7,9-10,12-13H,8,11H2,1-3H3,(H,21,22,24). The number of benzene rings is 1. The summed E-state index contributed by atoms with van der Waals surface area (Å²) in [5, 5.41) is 7.35. The highest BCUT2D eigenvalue weighted by molar-refractivity contribution is 7.99. The van der Waals surface area contributed by atoms with Crippen LogP contribution in [-0.2, 0) is 4.79 Å². The predicted molar refractivity (Wildman–Crippen MR) is 103 cm³/mol. The maximum Gasteiger partial charge on any atom is 0.226 e. The van der Waals surface area contributed by atoms with Crippen LogP contribution in [0.25, 0.3) is 5.69 Å². The molecule has 2 aromatic heterocycles. The number of aryl methyl sites for hydroxylation is 1. The first-order valence-corrected chi connectivity index (χ1v) is 9.51. The molecule has 0 bridgehead atoms. The Labute approximate surface area is 157 Å². The van der Waals surface area contributed by atoms with Crippen LogP contribution in [0.2, 0.25) is 0 Å². The minimum Gasteiger partial charge on any atom is -0.360 e. The number of thioether (sulfide) groups is 1. The zero-order valence-corrected chi connectivity index (χ0v) is 15.9. The first-order valence-electron chi connectivity index (χ1n) is 8.52. The van der Waals surface area contributed by atoms with Gasteiger partial charge in [-0.1, -0.05) is 42.9 Å². The van der Waals surface area contributed by atoms with Crippen LogP contribution in [0.4, 0.5) is 5.82 Å². The molecule has 7 heteroatoms. The summed E-state index contributed by atoms with van der Waals surface area (Å²) in [6.45, 7) is 6.14. The highest BCUT2D eigenvalue weighted by atomic mass is 32.2. The Morgan fingerprint density at radius 2 is 2.08 bits per heavy atom. The van der Waals surface area contributed by atoms with Crippen molar-refractivity contribution in [1.82, 2.24) is 14.7 Å². The van der Waals surface area contributed by atoms with E-state index in [1.807, 2.05) is 10.8 Å². The molecule has 0 spiro atoms. The van der Waals surface area contributed by atoms with Crippen LogP contribution in [-0.4, -0.2) is 26.4 Å². The van der Waals surface area contributed by atoms with Gasteiger partial charge in [0.25, 0.3) is 0 Å². The minimum absolute atomic E-state index is 0.0924. The van der Waals surface area contributed by atoms with Gasteiger partial charge in [-0.05, 0) is 30.5 Å². The second-order valence-electron chi connectivity index (χ2n) is 6.30. The van der Waals surface area contributed by atoms with Gasteiger partial charge in [0.1, 0.15) is 5.76 Å². The third-order valence-corrected chi connectivity index (χ3v) is 4.87.